The van der Waals surface area contributed by atoms with Crippen LogP contribution in [0.5, 0.6) is 0 Å². The second-order valence-electron chi connectivity index (χ2n) is 7.83. The van der Waals surface area contributed by atoms with Gasteiger partial charge in [-0.2, -0.15) is 13.2 Å². The maximum Gasteiger partial charge on any atom is 0.417 e. The normalized spacial score (nSPS) is 28.0. The maximum atomic E-state index is 14.0. The molecule has 11 heteroatoms. The lowest BCUT2D eigenvalue weighted by Crippen LogP contribution is -2.61. The van der Waals surface area contributed by atoms with Crippen molar-refractivity contribution in [1.82, 2.24) is 4.98 Å². The van der Waals surface area contributed by atoms with Crippen molar-refractivity contribution in [1.29, 1.82) is 0 Å². The molecule has 1 saturated heterocycles. The minimum Gasteiger partial charge on any atom is -0.394 e. The van der Waals surface area contributed by atoms with Gasteiger partial charge in [-0.15, -0.1) is 0 Å². The van der Waals surface area contributed by atoms with Crippen LogP contribution in [0.2, 0.25) is 0 Å². The van der Waals surface area contributed by atoms with E-state index in [1.807, 2.05) is 0 Å². The first-order chi connectivity index (χ1) is 15.6. The number of carbonyl (C=O) groups excluding carboxylic acids is 1. The summed E-state index contributed by atoms with van der Waals surface area (Å²) in [5, 5.41) is 42.3. The molecule has 5 N–H and O–H groups in total. The molecule has 1 aromatic heterocycles. The molecule has 2 aliphatic rings. The summed E-state index contributed by atoms with van der Waals surface area (Å²) < 4.78 is 47.2. The van der Waals surface area contributed by atoms with Crippen molar-refractivity contribution < 1.29 is 43.1 Å². The Morgan fingerprint density at radius 2 is 1.88 bits per heavy atom. The molecule has 1 aliphatic carbocycles. The first kappa shape index (κ1) is 23.3. The van der Waals surface area contributed by atoms with Gasteiger partial charge in [-0.3, -0.25) is 9.78 Å². The summed E-state index contributed by atoms with van der Waals surface area (Å²) in [6.45, 7) is -0.631. The largest absolute Gasteiger partial charge is 0.417 e. The Morgan fingerprint density at radius 1 is 1.12 bits per heavy atom. The van der Waals surface area contributed by atoms with Crippen LogP contribution in [0, 0.1) is 0 Å². The van der Waals surface area contributed by atoms with Crippen LogP contribution in [-0.2, 0) is 16.0 Å². The highest BCUT2D eigenvalue weighted by Gasteiger charge is 2.45. The van der Waals surface area contributed by atoms with Crippen LogP contribution >= 0.6 is 0 Å². The van der Waals surface area contributed by atoms with E-state index in [0.29, 0.717) is 0 Å². The lowest BCUT2D eigenvalue weighted by Gasteiger charge is -2.40. The van der Waals surface area contributed by atoms with Gasteiger partial charge in [-0.25, -0.2) is 0 Å². The summed E-state index contributed by atoms with van der Waals surface area (Å²) in [5.74, 6) is -0.743. The third-order valence-corrected chi connectivity index (χ3v) is 5.69. The number of nitrogens with one attached hydrogen (secondary N) is 1. The number of hydrogen-bond donors (Lipinski definition) is 5. The molecule has 0 amide bonds. The average molecular weight is 466 g/mol. The van der Waals surface area contributed by atoms with Crippen LogP contribution in [0.1, 0.15) is 16.8 Å². The number of halogens is 3. The summed E-state index contributed by atoms with van der Waals surface area (Å²) in [5.41, 5.74) is -1.52. The van der Waals surface area contributed by atoms with Crippen molar-refractivity contribution in [3.8, 4) is 0 Å². The molecule has 2 unspecified atom stereocenters. The fourth-order valence-electron chi connectivity index (χ4n) is 4.13. The number of rotatable bonds is 4. The quantitative estimate of drug-likeness (QED) is 0.449. The summed E-state index contributed by atoms with van der Waals surface area (Å²) in [6, 6.07) is 6.97. The standard InChI is InChI=1S/C22H21F3N2O6/c23-22(24,25)17-12-5-4-11(27-18-20(31)19(30)15(9-28)33-21(18)32)7-10(12)8-14(29)16(17)13-3-1-2-6-26-13/h1-7,15,18-21,27-28,30-32H,8-9H2/t15?,18?,19-,20-,21-/m0/s1. The number of fused-ring (bicyclic) bond motifs is 1. The fourth-order valence-corrected chi connectivity index (χ4v) is 4.13. The number of aliphatic hydroxyl groups is 4. The van der Waals surface area contributed by atoms with Gasteiger partial charge < -0.3 is 30.5 Å². The number of ketones is 1. The molecule has 1 aliphatic heterocycles. The van der Waals surface area contributed by atoms with Crippen molar-refractivity contribution >= 4 is 22.6 Å². The third kappa shape index (κ3) is 4.37. The molecule has 0 bridgehead atoms. The topological polar surface area (TPSA) is 132 Å². The molecule has 176 valence electrons. The average Bonchev–Trinajstić information content (AvgIpc) is 2.78. The first-order valence-electron chi connectivity index (χ1n) is 10.1. The van der Waals surface area contributed by atoms with Crippen LogP contribution in [0.3, 0.4) is 0 Å². The van der Waals surface area contributed by atoms with E-state index in [2.05, 4.69) is 10.3 Å². The summed E-state index contributed by atoms with van der Waals surface area (Å²) >= 11 is 0. The van der Waals surface area contributed by atoms with Gasteiger partial charge in [-0.1, -0.05) is 12.1 Å². The first-order valence-corrected chi connectivity index (χ1v) is 10.1. The van der Waals surface area contributed by atoms with Crippen LogP contribution in [-0.4, -0.2) is 74.6 Å². The van der Waals surface area contributed by atoms with E-state index in [4.69, 9.17) is 9.84 Å². The Hall–Kier alpha value is -2.83. The second kappa shape index (κ2) is 8.84. The summed E-state index contributed by atoms with van der Waals surface area (Å²) in [4.78, 5) is 16.7. The Morgan fingerprint density at radius 3 is 2.52 bits per heavy atom. The minimum absolute atomic E-state index is 0.0688. The van der Waals surface area contributed by atoms with Gasteiger partial charge in [0, 0.05) is 18.3 Å². The van der Waals surface area contributed by atoms with E-state index in [1.54, 1.807) is 0 Å². The van der Waals surface area contributed by atoms with Crippen LogP contribution in [0.4, 0.5) is 18.9 Å². The van der Waals surface area contributed by atoms with E-state index < -0.39 is 60.4 Å². The molecular weight excluding hydrogens is 445 g/mol. The number of alkyl halides is 3. The molecule has 1 aromatic carbocycles. The molecule has 2 aromatic rings. The molecule has 4 rings (SSSR count). The van der Waals surface area contributed by atoms with Gasteiger partial charge >= 0.3 is 6.18 Å². The highest BCUT2D eigenvalue weighted by Crippen LogP contribution is 2.44. The number of nitrogens with zero attached hydrogens (tertiary/aromatic N) is 1. The highest BCUT2D eigenvalue weighted by atomic mass is 19.4. The van der Waals surface area contributed by atoms with Crippen LogP contribution in [0.25, 0.3) is 11.1 Å². The molecule has 0 spiro atoms. The molecule has 5 atom stereocenters. The molecule has 1 fully saturated rings. The number of benzene rings is 1. The molecular formula is C22H21F3N2O6. The number of pyridine rings is 1. The molecule has 2 heterocycles. The van der Waals surface area contributed by atoms with Gasteiger partial charge in [0.2, 0.25) is 0 Å². The molecule has 8 nitrogen and oxygen atoms in total. The Balaban J connectivity index is 1.71. The van der Waals surface area contributed by atoms with E-state index in [1.165, 1.54) is 42.6 Å². The van der Waals surface area contributed by atoms with Crippen molar-refractivity contribution in [3.63, 3.8) is 0 Å². The number of hydrogen-bond acceptors (Lipinski definition) is 8. The predicted molar refractivity (Wildman–Crippen MR) is 110 cm³/mol. The maximum absolute atomic E-state index is 14.0. The Bertz CT molecular complexity index is 1080. The van der Waals surface area contributed by atoms with Gasteiger partial charge in [0.1, 0.15) is 24.4 Å². The van der Waals surface area contributed by atoms with Crippen molar-refractivity contribution in [2.24, 2.45) is 0 Å². The van der Waals surface area contributed by atoms with E-state index in [-0.39, 0.29) is 28.9 Å². The second-order valence-corrected chi connectivity index (χ2v) is 7.83. The fraction of sp³-hybridized carbons (Fsp3) is 0.364. The summed E-state index contributed by atoms with van der Waals surface area (Å²) in [6.07, 6.45) is -9.67. The zero-order chi connectivity index (χ0) is 23.9. The van der Waals surface area contributed by atoms with E-state index in [9.17, 15) is 33.3 Å². The van der Waals surface area contributed by atoms with Crippen molar-refractivity contribution in [2.45, 2.75) is 43.2 Å². The molecule has 0 saturated carbocycles. The van der Waals surface area contributed by atoms with Gasteiger partial charge in [0.15, 0.2) is 12.1 Å². The number of aromatic nitrogens is 1. The monoisotopic (exact) mass is 466 g/mol. The zero-order valence-corrected chi connectivity index (χ0v) is 17.0. The minimum atomic E-state index is -4.82. The lowest BCUT2D eigenvalue weighted by atomic mass is 9.82. The Labute approximate surface area is 186 Å². The van der Waals surface area contributed by atoms with Gasteiger partial charge in [-0.05, 0) is 35.4 Å². The molecule has 0 radical (unpaired) electrons. The van der Waals surface area contributed by atoms with E-state index in [0.717, 1.165) is 0 Å². The molecule has 33 heavy (non-hydrogen) atoms. The van der Waals surface area contributed by atoms with Gasteiger partial charge in [0.25, 0.3) is 0 Å². The number of carbonyl (C=O) groups is 1. The Kier molecular flexibility index (Phi) is 6.25. The number of anilines is 1. The van der Waals surface area contributed by atoms with Crippen molar-refractivity contribution in [2.75, 3.05) is 11.9 Å². The smallest absolute Gasteiger partial charge is 0.394 e. The number of Topliss-reactive ketones (excluding diaryl/α,β-unsaturated/α-hetero) is 1. The third-order valence-electron chi connectivity index (χ3n) is 5.69. The predicted octanol–water partition coefficient (Wildman–Crippen LogP) is 0.892. The van der Waals surface area contributed by atoms with Crippen molar-refractivity contribution in [3.05, 3.63) is 59.4 Å². The highest BCUT2D eigenvalue weighted by molar-refractivity contribution is 6.30. The summed E-state index contributed by atoms with van der Waals surface area (Å²) in [7, 11) is 0. The van der Waals surface area contributed by atoms with E-state index >= 15 is 0 Å². The van der Waals surface area contributed by atoms with Gasteiger partial charge in [0.05, 0.1) is 23.4 Å². The number of allylic oxidation sites excluding steroid dienone is 2. The SMILES string of the molecule is O=C1Cc2cc(NC3[C@@H](O)OC(CO)[C@H](O)[C@H]3O)ccc2C(C(F)(F)F)=C1c1ccccn1. The zero-order valence-electron chi connectivity index (χ0n) is 17.0. The van der Waals surface area contributed by atoms with Crippen LogP contribution < -0.4 is 5.32 Å². The lowest BCUT2D eigenvalue weighted by molar-refractivity contribution is -0.245. The number of ether oxygens (including phenoxy) is 1. The van der Waals surface area contributed by atoms with Crippen LogP contribution in [0.15, 0.2) is 42.6 Å². The number of aliphatic hydroxyl groups excluding tert-OH is 4.